The maximum absolute atomic E-state index is 12.5. The Bertz CT molecular complexity index is 1110. The summed E-state index contributed by atoms with van der Waals surface area (Å²) < 4.78 is 14.0. The summed E-state index contributed by atoms with van der Waals surface area (Å²) in [6, 6.07) is 11.0. The fraction of sp³-hybridized carbons (Fsp3) is 0.419. The van der Waals surface area contributed by atoms with Gasteiger partial charge in [0.05, 0.1) is 11.5 Å². The standard InChI is InChI=1S/C17H12O5.C7H12O3.C5H10.CH3.CH2.Fe/c1-21-9-22-17(20)10-6-7-13-14(8-10)16(19)12-5-3-2-4-11(12)15(13)18;8-5-10-7(9)6-3-1-2-4-6;1-2-4-5-3-1;;;/h2-8H,9H2,1H3;6,8H,1-5H2;1-5H2;1H3;1H2;/q;;;-1;;+1. The molecule has 0 amide bonds. The minimum atomic E-state index is -0.608. The van der Waals surface area contributed by atoms with E-state index in [2.05, 4.69) is 30.5 Å². The van der Waals surface area contributed by atoms with Gasteiger partial charge >= 0.3 is 32.9 Å². The van der Waals surface area contributed by atoms with Crippen LogP contribution in [0.2, 0.25) is 0 Å². The fourth-order valence-corrected chi connectivity index (χ4v) is 4.65. The summed E-state index contributed by atoms with van der Waals surface area (Å²) in [7, 11) is 1.40. The van der Waals surface area contributed by atoms with E-state index in [0.29, 0.717) is 16.7 Å². The third-order valence-corrected chi connectivity index (χ3v) is 6.61. The van der Waals surface area contributed by atoms with E-state index < -0.39 is 12.8 Å². The molecular weight excluding hydrogens is 556 g/mol. The van der Waals surface area contributed by atoms with E-state index in [9.17, 15) is 19.2 Å². The molecule has 5 rings (SSSR count). The SMILES string of the molecule is C1CCCC1.COCOC(=O)c1ccc2c(c1)C(=O)c1ccccc1C2=O.O=C(OCO)C1CCCC1.[CH2]=[Fe+].[CH3-]. The normalized spacial score (nSPS) is 14.8. The van der Waals surface area contributed by atoms with Gasteiger partial charge < -0.3 is 26.7 Å². The summed E-state index contributed by atoms with van der Waals surface area (Å²) >= 11 is 3.00. The molecule has 0 aliphatic heterocycles. The van der Waals surface area contributed by atoms with E-state index in [1.54, 1.807) is 24.3 Å². The van der Waals surface area contributed by atoms with Gasteiger partial charge in [-0.1, -0.05) is 69.2 Å². The van der Waals surface area contributed by atoms with E-state index in [-0.39, 0.29) is 48.8 Å². The van der Waals surface area contributed by atoms with Crippen LogP contribution in [0.1, 0.15) is 100.0 Å². The summed E-state index contributed by atoms with van der Waals surface area (Å²) in [6.07, 6.45) is 11.6. The van der Waals surface area contributed by atoms with Gasteiger partial charge in [0.2, 0.25) is 0 Å². The number of fused-ring (bicyclic) bond motifs is 2. The minimum absolute atomic E-state index is 0. The van der Waals surface area contributed by atoms with Crippen molar-refractivity contribution in [3.8, 4) is 0 Å². The van der Waals surface area contributed by atoms with Crippen molar-refractivity contribution >= 4 is 28.9 Å². The summed E-state index contributed by atoms with van der Waals surface area (Å²) in [4.78, 5) is 47.6. The van der Waals surface area contributed by atoms with Gasteiger partial charge in [-0.15, -0.1) is 0 Å². The zero-order chi connectivity index (χ0) is 28.6. The van der Waals surface area contributed by atoms with Crippen molar-refractivity contribution in [1.82, 2.24) is 0 Å². The number of rotatable bonds is 5. The fourth-order valence-electron chi connectivity index (χ4n) is 4.65. The Morgan fingerprint density at radius 3 is 1.82 bits per heavy atom. The van der Waals surface area contributed by atoms with Crippen LogP contribution in [0.5, 0.6) is 0 Å². The van der Waals surface area contributed by atoms with Gasteiger partial charge in [-0.2, -0.15) is 0 Å². The van der Waals surface area contributed by atoms with Gasteiger partial charge in [-0.05, 0) is 31.0 Å². The molecule has 1 N–H and O–H groups in total. The number of ether oxygens (including phenoxy) is 3. The second kappa shape index (κ2) is 19.2. The van der Waals surface area contributed by atoms with E-state index in [0.717, 1.165) is 25.7 Å². The van der Waals surface area contributed by atoms with Crippen molar-refractivity contribution in [3.05, 3.63) is 77.7 Å². The van der Waals surface area contributed by atoms with Crippen LogP contribution in [-0.2, 0) is 34.6 Å². The monoisotopic (exact) mass is 595 g/mol. The van der Waals surface area contributed by atoms with Crippen molar-refractivity contribution in [2.24, 2.45) is 5.92 Å². The van der Waals surface area contributed by atoms with Crippen LogP contribution in [0.4, 0.5) is 0 Å². The number of hydrogen-bond donors (Lipinski definition) is 1. The first kappa shape index (κ1) is 35.1. The van der Waals surface area contributed by atoms with Crippen LogP contribution in [0.15, 0.2) is 42.5 Å². The van der Waals surface area contributed by atoms with Gasteiger partial charge in [0.15, 0.2) is 25.2 Å². The average Bonchev–Trinajstić information content (AvgIpc) is 3.74. The molecule has 2 fully saturated rings. The van der Waals surface area contributed by atoms with Crippen LogP contribution < -0.4 is 0 Å². The van der Waals surface area contributed by atoms with E-state index in [1.165, 1.54) is 57.4 Å². The van der Waals surface area contributed by atoms with Crippen LogP contribution in [-0.4, -0.2) is 54.7 Å². The maximum Gasteiger partial charge on any atom is -0.358 e. The summed E-state index contributed by atoms with van der Waals surface area (Å²) in [5.74, 6) is -1.27. The Kier molecular flexibility index (Phi) is 16.8. The van der Waals surface area contributed by atoms with Crippen LogP contribution in [0.25, 0.3) is 0 Å². The van der Waals surface area contributed by atoms with Gasteiger partial charge in [0, 0.05) is 29.4 Å². The average molecular weight is 595 g/mol. The van der Waals surface area contributed by atoms with Crippen molar-refractivity contribution in [2.75, 3.05) is 20.7 Å². The molecule has 0 atom stereocenters. The number of esters is 2. The Hall–Kier alpha value is -2.97. The number of hydrogen-bond acceptors (Lipinski definition) is 8. The van der Waals surface area contributed by atoms with Crippen molar-refractivity contribution < 1.29 is 54.1 Å². The third kappa shape index (κ3) is 9.89. The predicted molar refractivity (Wildman–Crippen MR) is 149 cm³/mol. The zero-order valence-electron chi connectivity index (χ0n) is 23.3. The van der Waals surface area contributed by atoms with Crippen LogP contribution in [0.3, 0.4) is 0 Å². The summed E-state index contributed by atoms with van der Waals surface area (Å²) in [5, 5.41) is 8.25. The number of methoxy groups -OCH3 is 1. The third-order valence-electron chi connectivity index (χ3n) is 6.61. The molecule has 219 valence electrons. The van der Waals surface area contributed by atoms with E-state index in [1.807, 2.05) is 0 Å². The number of aliphatic hydroxyl groups excluding tert-OH is 1. The molecule has 3 aliphatic carbocycles. The molecule has 0 spiro atoms. The van der Waals surface area contributed by atoms with Gasteiger partial charge in [-0.3, -0.25) is 14.4 Å². The maximum atomic E-state index is 12.5. The van der Waals surface area contributed by atoms with Gasteiger partial charge in [0.1, 0.15) is 0 Å². The Labute approximate surface area is 244 Å². The molecule has 2 aromatic carbocycles. The minimum Gasteiger partial charge on any atom is -0.358 e. The Morgan fingerprint density at radius 1 is 0.825 bits per heavy atom. The molecule has 0 aromatic heterocycles. The topological polar surface area (TPSA) is 116 Å². The Balaban J connectivity index is 0.000000367. The van der Waals surface area contributed by atoms with Gasteiger partial charge in [-0.25, -0.2) is 4.79 Å². The van der Waals surface area contributed by atoms with Crippen molar-refractivity contribution in [2.45, 2.75) is 57.8 Å². The molecule has 0 saturated heterocycles. The molecule has 40 heavy (non-hydrogen) atoms. The second-order valence-electron chi connectivity index (χ2n) is 9.14. The molecular formula is C31H39FeO8. The molecule has 0 bridgehead atoms. The van der Waals surface area contributed by atoms with Crippen LogP contribution >= 0.6 is 0 Å². The molecule has 0 heterocycles. The number of carbonyl (C=O) groups excluding carboxylic acids is 4. The quantitative estimate of drug-likeness (QED) is 0.184. The first-order chi connectivity index (χ1) is 19.0. The smallest absolute Gasteiger partial charge is 0.358 e. The largest absolute Gasteiger partial charge is 0.358 e. The van der Waals surface area contributed by atoms with Crippen molar-refractivity contribution in [3.63, 3.8) is 0 Å². The summed E-state index contributed by atoms with van der Waals surface area (Å²) in [6.45, 7) is -0.652. The summed E-state index contributed by atoms with van der Waals surface area (Å²) in [5.41, 5.74) is 4.45. The molecule has 3 aliphatic rings. The Morgan fingerprint density at radius 2 is 1.32 bits per heavy atom. The molecule has 2 saturated carbocycles. The molecule has 2 aromatic rings. The van der Waals surface area contributed by atoms with Crippen LogP contribution in [0, 0.1) is 13.3 Å². The molecule has 9 heteroatoms. The number of ketones is 2. The van der Waals surface area contributed by atoms with Crippen molar-refractivity contribution in [1.29, 1.82) is 0 Å². The van der Waals surface area contributed by atoms with E-state index >= 15 is 0 Å². The first-order valence-corrected chi connectivity index (χ1v) is 13.8. The molecule has 0 radical (unpaired) electrons. The van der Waals surface area contributed by atoms with E-state index in [4.69, 9.17) is 9.84 Å². The predicted octanol–water partition coefficient (Wildman–Crippen LogP) is 5.26. The second-order valence-corrected chi connectivity index (χ2v) is 9.14. The number of carbonyl (C=O) groups is 4. The number of benzene rings is 2. The first-order valence-electron chi connectivity index (χ1n) is 13.0. The molecule has 0 unspecified atom stereocenters. The molecule has 8 nitrogen and oxygen atoms in total. The zero-order valence-corrected chi connectivity index (χ0v) is 24.4. The number of aliphatic hydroxyl groups is 1. The van der Waals surface area contributed by atoms with Gasteiger partial charge in [0.25, 0.3) is 0 Å².